The molecule has 0 bridgehead atoms. The van der Waals surface area contributed by atoms with Crippen molar-refractivity contribution in [3.8, 4) is 0 Å². The van der Waals surface area contributed by atoms with Gasteiger partial charge in [-0.25, -0.2) is 9.97 Å². The number of nitrogens with zero attached hydrogens (tertiary/aromatic N) is 2. The Morgan fingerprint density at radius 2 is 2.19 bits per heavy atom. The van der Waals surface area contributed by atoms with Crippen LogP contribution in [0.25, 0.3) is 0 Å². The minimum atomic E-state index is 0.163. The quantitative estimate of drug-likeness (QED) is 0.599. The highest BCUT2D eigenvalue weighted by molar-refractivity contribution is 7.99. The van der Waals surface area contributed by atoms with Crippen molar-refractivity contribution in [2.75, 3.05) is 24.4 Å². The van der Waals surface area contributed by atoms with Crippen LogP contribution < -0.4 is 5.32 Å². The van der Waals surface area contributed by atoms with Crippen LogP contribution >= 0.6 is 23.5 Å². The lowest BCUT2D eigenvalue weighted by Crippen LogP contribution is -2.31. The molecule has 4 nitrogen and oxygen atoms in total. The van der Waals surface area contributed by atoms with Crippen molar-refractivity contribution in [2.45, 2.75) is 23.2 Å². The van der Waals surface area contributed by atoms with Crippen molar-refractivity contribution in [1.29, 1.82) is 0 Å². The van der Waals surface area contributed by atoms with E-state index in [4.69, 9.17) is 0 Å². The second-order valence-electron chi connectivity index (χ2n) is 3.34. The largest absolute Gasteiger partial charge is 0.395 e. The summed E-state index contributed by atoms with van der Waals surface area (Å²) >= 11 is 3.23. The first kappa shape index (κ1) is 13.6. The van der Waals surface area contributed by atoms with Crippen LogP contribution in [-0.4, -0.2) is 45.5 Å². The van der Waals surface area contributed by atoms with E-state index in [0.29, 0.717) is 0 Å². The van der Waals surface area contributed by atoms with Crippen molar-refractivity contribution in [3.63, 3.8) is 0 Å². The number of aliphatic hydroxyl groups excluding tert-OH is 1. The first-order valence-electron chi connectivity index (χ1n) is 4.97. The Morgan fingerprint density at radius 3 is 2.75 bits per heavy atom. The van der Waals surface area contributed by atoms with Gasteiger partial charge in [-0.05, 0) is 19.4 Å². The molecule has 1 aromatic rings. The molecule has 0 aromatic carbocycles. The van der Waals surface area contributed by atoms with Crippen LogP contribution in [0.2, 0.25) is 0 Å². The van der Waals surface area contributed by atoms with E-state index in [9.17, 15) is 5.11 Å². The van der Waals surface area contributed by atoms with Gasteiger partial charge < -0.3 is 10.4 Å². The van der Waals surface area contributed by atoms with Gasteiger partial charge in [-0.1, -0.05) is 0 Å². The fourth-order valence-electron chi connectivity index (χ4n) is 1.29. The van der Waals surface area contributed by atoms with Crippen molar-refractivity contribution in [3.05, 3.63) is 12.4 Å². The van der Waals surface area contributed by atoms with E-state index in [-0.39, 0.29) is 17.9 Å². The van der Waals surface area contributed by atoms with Crippen LogP contribution in [-0.2, 0) is 0 Å². The molecule has 2 atom stereocenters. The third kappa shape index (κ3) is 3.84. The fourth-order valence-corrected chi connectivity index (χ4v) is 2.30. The second kappa shape index (κ2) is 6.98. The topological polar surface area (TPSA) is 58.0 Å². The molecule has 0 amide bonds. The number of anilines is 1. The summed E-state index contributed by atoms with van der Waals surface area (Å²) in [6, 6.07) is 2.08. The molecule has 0 aliphatic rings. The Morgan fingerprint density at radius 1 is 1.44 bits per heavy atom. The lowest BCUT2D eigenvalue weighted by molar-refractivity contribution is 0.288. The fraction of sp³-hybridized carbons (Fsp3) is 0.600. The zero-order valence-electron chi connectivity index (χ0n) is 9.67. The Labute approximate surface area is 105 Å². The third-order valence-corrected chi connectivity index (χ3v) is 4.07. The molecule has 6 heteroatoms. The number of rotatable bonds is 6. The summed E-state index contributed by atoms with van der Waals surface area (Å²) < 4.78 is 0. The van der Waals surface area contributed by atoms with Crippen LogP contribution in [0.5, 0.6) is 0 Å². The Balaban J connectivity index is 2.64. The highest BCUT2D eigenvalue weighted by Crippen LogP contribution is 2.17. The Bertz CT molecular complexity index is 321. The van der Waals surface area contributed by atoms with Crippen molar-refractivity contribution < 1.29 is 5.11 Å². The monoisotopic (exact) mass is 259 g/mol. The average molecular weight is 259 g/mol. The van der Waals surface area contributed by atoms with E-state index < -0.39 is 0 Å². The molecule has 2 unspecified atom stereocenters. The molecule has 0 aliphatic carbocycles. The molecule has 1 rings (SSSR count). The maximum atomic E-state index is 9.18. The van der Waals surface area contributed by atoms with Gasteiger partial charge in [-0.2, -0.15) is 11.8 Å². The van der Waals surface area contributed by atoms with Crippen molar-refractivity contribution >= 4 is 29.3 Å². The molecular weight excluding hydrogens is 242 g/mol. The number of aromatic nitrogens is 2. The summed E-state index contributed by atoms with van der Waals surface area (Å²) in [7, 11) is 0. The van der Waals surface area contributed by atoms with Gasteiger partial charge in [0.15, 0.2) is 0 Å². The molecule has 90 valence electrons. The van der Waals surface area contributed by atoms with Crippen molar-refractivity contribution in [1.82, 2.24) is 9.97 Å². The average Bonchev–Trinajstić information content (AvgIpc) is 2.31. The van der Waals surface area contributed by atoms with Crippen LogP contribution in [0.1, 0.15) is 6.92 Å². The maximum Gasteiger partial charge on any atom is 0.130 e. The zero-order chi connectivity index (χ0) is 12.0. The third-order valence-electron chi connectivity index (χ3n) is 2.27. The molecule has 1 heterocycles. The summed E-state index contributed by atoms with van der Waals surface area (Å²) in [5.41, 5.74) is 0. The molecule has 0 saturated carbocycles. The molecule has 0 aliphatic heterocycles. The van der Waals surface area contributed by atoms with Crippen LogP contribution in [0, 0.1) is 0 Å². The van der Waals surface area contributed by atoms with Gasteiger partial charge in [0.05, 0.1) is 6.61 Å². The number of nitrogens with one attached hydrogen (secondary N) is 1. The second-order valence-corrected chi connectivity index (χ2v) is 5.24. The first-order chi connectivity index (χ1) is 7.71. The van der Waals surface area contributed by atoms with Gasteiger partial charge in [-0.3, -0.25) is 0 Å². The van der Waals surface area contributed by atoms with Crippen LogP contribution in [0.3, 0.4) is 0 Å². The van der Waals surface area contributed by atoms with E-state index in [1.54, 1.807) is 29.9 Å². The van der Waals surface area contributed by atoms with E-state index >= 15 is 0 Å². The number of hydrogen-bond acceptors (Lipinski definition) is 6. The van der Waals surface area contributed by atoms with Gasteiger partial charge >= 0.3 is 0 Å². The van der Waals surface area contributed by atoms with Gasteiger partial charge in [0.1, 0.15) is 17.2 Å². The summed E-state index contributed by atoms with van der Waals surface area (Å²) in [6.45, 7) is 2.20. The van der Waals surface area contributed by atoms with Gasteiger partial charge in [0.25, 0.3) is 0 Å². The molecule has 16 heavy (non-hydrogen) atoms. The van der Waals surface area contributed by atoms with E-state index in [1.807, 2.05) is 25.5 Å². The summed E-state index contributed by atoms with van der Waals surface area (Å²) in [6.07, 6.45) is 5.52. The smallest absolute Gasteiger partial charge is 0.130 e. The zero-order valence-corrected chi connectivity index (χ0v) is 11.3. The van der Waals surface area contributed by atoms with Crippen molar-refractivity contribution in [2.24, 2.45) is 0 Å². The molecule has 2 N–H and O–H groups in total. The summed E-state index contributed by atoms with van der Waals surface area (Å²) in [4.78, 5) is 8.26. The van der Waals surface area contributed by atoms with E-state index in [0.717, 1.165) is 10.8 Å². The number of aliphatic hydroxyl groups is 1. The lowest BCUT2D eigenvalue weighted by Gasteiger charge is -2.21. The standard InChI is InChI=1S/C10H17N3OS2/c1-7(8(5-14)15-2)13-9-4-10(16-3)12-6-11-9/h4,6-8,14H,5H2,1-3H3,(H,11,12,13). The normalized spacial score (nSPS) is 14.5. The highest BCUT2D eigenvalue weighted by Gasteiger charge is 2.15. The molecule has 1 aromatic heterocycles. The summed E-state index contributed by atoms with van der Waals surface area (Å²) in [5.74, 6) is 0.805. The van der Waals surface area contributed by atoms with E-state index in [2.05, 4.69) is 15.3 Å². The van der Waals surface area contributed by atoms with E-state index in [1.165, 1.54) is 0 Å². The predicted octanol–water partition coefficient (Wildman–Crippen LogP) is 1.72. The SMILES string of the molecule is CSc1cc(NC(C)C(CO)SC)ncn1. The van der Waals surface area contributed by atoms with Crippen LogP contribution in [0.4, 0.5) is 5.82 Å². The minimum absolute atomic E-state index is 0.163. The highest BCUT2D eigenvalue weighted by atomic mass is 32.2. The molecule has 0 saturated heterocycles. The van der Waals surface area contributed by atoms with Gasteiger partial charge in [0.2, 0.25) is 0 Å². The molecule has 0 radical (unpaired) electrons. The first-order valence-corrected chi connectivity index (χ1v) is 7.48. The summed E-state index contributed by atoms with van der Waals surface area (Å²) in [5, 5.41) is 13.6. The Hall–Kier alpha value is -0.460. The maximum absolute atomic E-state index is 9.18. The predicted molar refractivity (Wildman–Crippen MR) is 71.3 cm³/mol. The molecular formula is C10H17N3OS2. The minimum Gasteiger partial charge on any atom is -0.395 e. The molecule has 0 spiro atoms. The van der Waals surface area contributed by atoms with Crippen LogP contribution in [0.15, 0.2) is 17.4 Å². The molecule has 0 fully saturated rings. The van der Waals surface area contributed by atoms with Gasteiger partial charge in [-0.15, -0.1) is 11.8 Å². The number of hydrogen-bond donors (Lipinski definition) is 2. The Kier molecular flexibility index (Phi) is 5.94. The number of thioether (sulfide) groups is 2. The van der Waals surface area contributed by atoms with Gasteiger partial charge in [0, 0.05) is 17.4 Å². The lowest BCUT2D eigenvalue weighted by atomic mass is 10.2.